The van der Waals surface area contributed by atoms with E-state index in [1.807, 2.05) is 6.92 Å². The highest BCUT2D eigenvalue weighted by Gasteiger charge is 2.58. The van der Waals surface area contributed by atoms with Crippen LogP contribution < -0.4 is 10.0 Å². The lowest BCUT2D eigenvalue weighted by molar-refractivity contribution is -0.00998. The first kappa shape index (κ1) is 24.9. The van der Waals surface area contributed by atoms with Crippen LogP contribution in [0.3, 0.4) is 0 Å². The molecule has 4 rings (SSSR count). The summed E-state index contributed by atoms with van der Waals surface area (Å²) in [7, 11) is 3.47. The van der Waals surface area contributed by atoms with Crippen LogP contribution in [0.4, 0.5) is 4.79 Å². The zero-order chi connectivity index (χ0) is 24.0. The third kappa shape index (κ3) is 4.94. The van der Waals surface area contributed by atoms with E-state index in [2.05, 4.69) is 38.2 Å². The van der Waals surface area contributed by atoms with Crippen molar-refractivity contribution in [3.63, 3.8) is 0 Å². The van der Waals surface area contributed by atoms with Crippen molar-refractivity contribution < 1.29 is 22.7 Å². The molecule has 0 spiro atoms. The summed E-state index contributed by atoms with van der Waals surface area (Å²) < 4.78 is 40.2. The number of likely N-dealkylation sites (tertiary alicyclic amines) is 1. The Kier molecular flexibility index (Phi) is 7.10. The van der Waals surface area contributed by atoms with Gasteiger partial charge in [-0.2, -0.15) is 17.4 Å². The smallest absolute Gasteiger partial charge is 0.410 e. The summed E-state index contributed by atoms with van der Waals surface area (Å²) >= 11 is 0. The van der Waals surface area contributed by atoms with E-state index in [1.54, 1.807) is 4.90 Å². The summed E-state index contributed by atoms with van der Waals surface area (Å²) in [5.41, 5.74) is 1.72. The minimum Gasteiger partial charge on any atom is -0.453 e. The first-order chi connectivity index (χ1) is 15.6. The summed E-state index contributed by atoms with van der Waals surface area (Å²) in [5, 5.41) is 1.22. The zero-order valence-corrected chi connectivity index (χ0v) is 21.8. The van der Waals surface area contributed by atoms with Crippen molar-refractivity contribution in [3.8, 4) is 0 Å². The molecule has 0 bridgehead atoms. The number of nitrogens with one attached hydrogen (secondary N) is 1. The molecule has 2 aliphatic carbocycles. The summed E-state index contributed by atoms with van der Waals surface area (Å²) in [6.45, 7) is 2.19. The molecule has 1 aromatic rings. The second-order valence-electron chi connectivity index (χ2n) is 9.95. The first-order valence-electron chi connectivity index (χ1n) is 11.6. The minimum atomic E-state index is -3.63. The summed E-state index contributed by atoms with van der Waals surface area (Å²) in [6.07, 6.45) is 4.42. The Morgan fingerprint density at radius 2 is 2.09 bits per heavy atom. The second kappa shape index (κ2) is 9.42. The van der Waals surface area contributed by atoms with Crippen LogP contribution in [0.25, 0.3) is 0 Å². The molecule has 0 radical (unpaired) electrons. The van der Waals surface area contributed by atoms with Gasteiger partial charge in [0.05, 0.1) is 25.9 Å². The topological polar surface area (TPSA) is 88.2 Å². The van der Waals surface area contributed by atoms with Crippen LogP contribution >= 0.6 is 9.24 Å². The van der Waals surface area contributed by atoms with E-state index in [9.17, 15) is 13.2 Å². The average molecular weight is 498 g/mol. The van der Waals surface area contributed by atoms with E-state index < -0.39 is 28.4 Å². The second-order valence-corrected chi connectivity index (χ2v) is 12.5. The number of methoxy groups -OCH3 is 1. The molecular weight excluding hydrogens is 461 g/mol. The van der Waals surface area contributed by atoms with Crippen molar-refractivity contribution in [3.05, 3.63) is 29.8 Å². The molecule has 8 nitrogen and oxygen atoms in total. The Balaban J connectivity index is 1.41. The standard InChI is InChI=1S/C23H36N3O5PS/c1-15-10-20(24-33(28,29)25(2)3)21(26(15)22(27)30-4)14-31-18-8-9-23(13-17(23)11-18)16-6-5-7-19(32)12-16/h5-7,12,15,17-18,20-21,24H,8-11,13-14,32H2,1-4H3. The van der Waals surface area contributed by atoms with Crippen LogP contribution in [-0.4, -0.2) is 75.8 Å². The Hall–Kier alpha value is -1.25. The number of ether oxygens (including phenoxy) is 2. The van der Waals surface area contributed by atoms with Gasteiger partial charge in [0.2, 0.25) is 0 Å². The van der Waals surface area contributed by atoms with Crippen molar-refractivity contribution in [1.29, 1.82) is 0 Å². The highest BCUT2D eigenvalue weighted by Crippen LogP contribution is 2.62. The number of hydrogen-bond donors (Lipinski definition) is 1. The van der Waals surface area contributed by atoms with E-state index in [0.717, 1.165) is 23.6 Å². The zero-order valence-electron chi connectivity index (χ0n) is 19.9. The normalized spacial score (nSPS) is 33.8. The fourth-order valence-electron chi connectivity index (χ4n) is 5.78. The highest BCUT2D eigenvalue weighted by atomic mass is 32.2. The maximum Gasteiger partial charge on any atom is 0.410 e. The lowest BCUT2D eigenvalue weighted by Crippen LogP contribution is -2.52. The van der Waals surface area contributed by atoms with Crippen molar-refractivity contribution in [2.75, 3.05) is 27.8 Å². The monoisotopic (exact) mass is 497 g/mol. The maximum absolute atomic E-state index is 12.5. The van der Waals surface area contributed by atoms with Gasteiger partial charge in [0, 0.05) is 26.2 Å². The highest BCUT2D eigenvalue weighted by molar-refractivity contribution is 7.87. The van der Waals surface area contributed by atoms with Crippen LogP contribution in [0.1, 0.15) is 44.6 Å². The summed E-state index contributed by atoms with van der Waals surface area (Å²) in [5.74, 6) is 0.616. The number of carbonyl (C=O) groups excluding carboxylic acids is 1. The molecule has 0 aromatic heterocycles. The molecule has 2 saturated carbocycles. The van der Waals surface area contributed by atoms with Crippen molar-refractivity contribution in [1.82, 2.24) is 13.9 Å². The van der Waals surface area contributed by atoms with Crippen molar-refractivity contribution in [2.24, 2.45) is 5.92 Å². The van der Waals surface area contributed by atoms with Crippen molar-refractivity contribution >= 4 is 30.8 Å². The number of carbonyl (C=O) groups is 1. The Morgan fingerprint density at radius 3 is 2.73 bits per heavy atom. The number of rotatable bonds is 7. The van der Waals surface area contributed by atoms with Gasteiger partial charge in [-0.05, 0) is 61.2 Å². The average Bonchev–Trinajstić information content (AvgIpc) is 3.42. The molecule has 3 aliphatic rings. The van der Waals surface area contributed by atoms with Crippen LogP contribution in [0.2, 0.25) is 0 Å². The van der Waals surface area contributed by atoms with E-state index in [4.69, 9.17) is 9.47 Å². The lowest BCUT2D eigenvalue weighted by Gasteiger charge is -2.33. The van der Waals surface area contributed by atoms with E-state index in [1.165, 1.54) is 38.5 Å². The molecule has 1 aliphatic heterocycles. The third-order valence-electron chi connectivity index (χ3n) is 7.71. The number of fused-ring (bicyclic) bond motifs is 1. The molecule has 33 heavy (non-hydrogen) atoms. The number of hydrogen-bond acceptors (Lipinski definition) is 5. The summed E-state index contributed by atoms with van der Waals surface area (Å²) in [6, 6.07) is 7.76. The molecule has 1 aromatic carbocycles. The molecule has 10 heteroatoms. The van der Waals surface area contributed by atoms with Crippen LogP contribution in [0.15, 0.2) is 24.3 Å². The van der Waals surface area contributed by atoms with Gasteiger partial charge in [0.15, 0.2) is 0 Å². The van der Waals surface area contributed by atoms with Gasteiger partial charge in [0.1, 0.15) is 0 Å². The number of nitrogens with zero attached hydrogens (tertiary/aromatic N) is 2. The van der Waals surface area contributed by atoms with Gasteiger partial charge in [-0.3, -0.25) is 4.90 Å². The lowest BCUT2D eigenvalue weighted by atomic mass is 9.81. The molecule has 184 valence electrons. The fraction of sp³-hybridized carbons (Fsp3) is 0.696. The molecular formula is C23H36N3O5PS. The van der Waals surface area contributed by atoms with Gasteiger partial charge in [-0.25, -0.2) is 4.79 Å². The quantitative estimate of drug-likeness (QED) is 0.583. The predicted octanol–water partition coefficient (Wildman–Crippen LogP) is 2.01. The molecule has 1 N–H and O–H groups in total. The molecule has 1 heterocycles. The maximum atomic E-state index is 12.5. The van der Waals surface area contributed by atoms with Gasteiger partial charge in [-0.15, -0.1) is 9.24 Å². The number of benzene rings is 1. The Labute approximate surface area is 199 Å². The Bertz CT molecular complexity index is 990. The van der Waals surface area contributed by atoms with Crippen molar-refractivity contribution in [2.45, 2.75) is 68.7 Å². The van der Waals surface area contributed by atoms with Crippen LogP contribution in [0, 0.1) is 5.92 Å². The summed E-state index contributed by atoms with van der Waals surface area (Å²) in [4.78, 5) is 14.1. The van der Waals surface area contributed by atoms with E-state index in [-0.39, 0.29) is 24.2 Å². The van der Waals surface area contributed by atoms with E-state index >= 15 is 0 Å². The Morgan fingerprint density at radius 1 is 1.33 bits per heavy atom. The molecule has 3 fully saturated rings. The van der Waals surface area contributed by atoms with Gasteiger partial charge in [0.25, 0.3) is 10.2 Å². The minimum absolute atomic E-state index is 0.117. The SMILES string of the molecule is COC(=O)N1C(C)CC(NS(=O)(=O)N(C)C)C1COC1CCC2(c3cccc(P)c3)CC2C1. The molecule has 7 atom stereocenters. The van der Waals surface area contributed by atoms with Crippen LogP contribution in [0.5, 0.6) is 0 Å². The fourth-order valence-corrected chi connectivity index (χ4v) is 6.92. The molecule has 1 amide bonds. The molecule has 7 unspecified atom stereocenters. The molecule has 1 saturated heterocycles. The first-order valence-corrected chi connectivity index (χ1v) is 13.6. The van der Waals surface area contributed by atoms with Gasteiger partial charge in [-0.1, -0.05) is 24.3 Å². The van der Waals surface area contributed by atoms with E-state index in [0.29, 0.717) is 12.3 Å². The van der Waals surface area contributed by atoms with Crippen LogP contribution in [-0.2, 0) is 25.1 Å². The predicted molar refractivity (Wildman–Crippen MR) is 131 cm³/mol. The third-order valence-corrected chi connectivity index (χ3v) is 9.64. The van der Waals surface area contributed by atoms with Gasteiger partial charge >= 0.3 is 6.09 Å². The largest absolute Gasteiger partial charge is 0.453 e. The van der Waals surface area contributed by atoms with Gasteiger partial charge < -0.3 is 9.47 Å². The number of amides is 1.